The highest BCUT2D eigenvalue weighted by molar-refractivity contribution is 5.85. The zero-order valence-electron chi connectivity index (χ0n) is 19.8. The molecule has 4 aromatic rings. The Morgan fingerprint density at radius 3 is 2.50 bits per heavy atom. The second-order valence-electron chi connectivity index (χ2n) is 9.51. The summed E-state index contributed by atoms with van der Waals surface area (Å²) in [6.07, 6.45) is 2.78. The zero-order valence-corrected chi connectivity index (χ0v) is 20.6. The number of nitrogens with zero attached hydrogens (tertiary/aromatic N) is 3. The van der Waals surface area contributed by atoms with Crippen molar-refractivity contribution in [2.75, 3.05) is 24.5 Å². The van der Waals surface area contributed by atoms with E-state index in [1.54, 1.807) is 22.8 Å². The van der Waals surface area contributed by atoms with Crippen molar-refractivity contribution < 1.29 is 13.2 Å². The molecule has 2 atom stereocenters. The molecule has 36 heavy (non-hydrogen) atoms. The van der Waals surface area contributed by atoms with Crippen molar-refractivity contribution in [1.82, 2.24) is 9.47 Å². The molecule has 3 aromatic carbocycles. The Balaban J connectivity index is 0.00000267. The quantitative estimate of drug-likeness (QED) is 0.294. The molecule has 1 saturated heterocycles. The van der Waals surface area contributed by atoms with Crippen molar-refractivity contribution >= 4 is 34.9 Å². The van der Waals surface area contributed by atoms with Gasteiger partial charge in [0, 0.05) is 43.0 Å². The molecule has 0 radical (unpaired) electrons. The van der Waals surface area contributed by atoms with E-state index in [0.717, 1.165) is 61.4 Å². The van der Waals surface area contributed by atoms with Gasteiger partial charge in [-0.1, -0.05) is 12.1 Å². The number of hydrogen-bond donors (Lipinski definition) is 0. The summed E-state index contributed by atoms with van der Waals surface area (Å²) in [4.78, 5) is 16.9. The van der Waals surface area contributed by atoms with Gasteiger partial charge in [0.1, 0.15) is 11.6 Å². The molecule has 0 saturated carbocycles. The summed E-state index contributed by atoms with van der Waals surface area (Å²) in [5.74, 6) is -0.597. The highest BCUT2D eigenvalue weighted by Crippen LogP contribution is 2.48. The van der Waals surface area contributed by atoms with Crippen LogP contribution in [0.1, 0.15) is 30.7 Å². The Hall–Kier alpha value is -3.16. The van der Waals surface area contributed by atoms with Gasteiger partial charge in [0.05, 0.1) is 5.52 Å². The SMILES string of the molecule is Cl.O=c1oc2ccccc2n1CCCCN1CC[C@@H]2[C@@H](C1)c1cc(F)ccc1N2c1ccc(F)cc1. The Bertz CT molecular complexity index is 1420. The number of aromatic nitrogens is 1. The van der Waals surface area contributed by atoms with E-state index in [1.807, 2.05) is 30.3 Å². The zero-order chi connectivity index (χ0) is 23.9. The largest absolute Gasteiger partial charge is 0.419 e. The standard InChI is InChI=1S/C28H27F2N3O2.ClH/c29-19-7-10-21(11-8-19)33-24-12-9-20(30)17-22(24)23-18-31(16-13-25(23)33)14-3-4-15-32-26-5-1-2-6-27(26)35-28(32)34;/h1-2,5-12,17,23,25H,3-4,13-16,18H2;1H/t23-,25+;/m0./s1. The average molecular weight is 512 g/mol. The van der Waals surface area contributed by atoms with Gasteiger partial charge >= 0.3 is 5.76 Å². The first-order chi connectivity index (χ1) is 17.1. The first kappa shape index (κ1) is 24.5. The topological polar surface area (TPSA) is 41.6 Å². The molecule has 2 aliphatic heterocycles. The maximum Gasteiger partial charge on any atom is 0.419 e. The summed E-state index contributed by atoms with van der Waals surface area (Å²) < 4.78 is 34.8. The number of unbranched alkanes of at least 4 members (excludes halogenated alkanes) is 1. The van der Waals surface area contributed by atoms with Crippen LogP contribution in [-0.4, -0.2) is 35.1 Å². The van der Waals surface area contributed by atoms with E-state index in [-0.39, 0.29) is 41.8 Å². The first-order valence-corrected chi connectivity index (χ1v) is 12.2. The van der Waals surface area contributed by atoms with Gasteiger partial charge in [-0.05, 0) is 86.0 Å². The highest BCUT2D eigenvalue weighted by Gasteiger charge is 2.42. The molecular formula is C28H28ClF2N3O2. The van der Waals surface area contributed by atoms with Crippen LogP contribution in [0.2, 0.25) is 0 Å². The number of fused-ring (bicyclic) bond motifs is 4. The second-order valence-corrected chi connectivity index (χ2v) is 9.51. The summed E-state index contributed by atoms with van der Waals surface area (Å²) in [6, 6.07) is 19.3. The van der Waals surface area contributed by atoms with Gasteiger partial charge in [-0.25, -0.2) is 13.6 Å². The number of aryl methyl sites for hydroxylation is 1. The molecule has 6 rings (SSSR count). The molecule has 2 aliphatic rings. The third-order valence-electron chi connectivity index (χ3n) is 7.43. The van der Waals surface area contributed by atoms with Crippen LogP contribution in [0.3, 0.4) is 0 Å². The van der Waals surface area contributed by atoms with E-state index >= 15 is 0 Å². The van der Waals surface area contributed by atoms with Crippen molar-refractivity contribution in [3.8, 4) is 0 Å². The molecule has 5 nitrogen and oxygen atoms in total. The van der Waals surface area contributed by atoms with Gasteiger partial charge in [-0.2, -0.15) is 0 Å². The number of rotatable bonds is 6. The van der Waals surface area contributed by atoms with Crippen LogP contribution in [-0.2, 0) is 6.54 Å². The van der Waals surface area contributed by atoms with Crippen LogP contribution >= 0.6 is 12.4 Å². The minimum atomic E-state index is -0.308. The lowest BCUT2D eigenvalue weighted by atomic mass is 9.89. The molecule has 0 aliphatic carbocycles. The predicted molar refractivity (Wildman–Crippen MR) is 139 cm³/mol. The number of likely N-dealkylation sites (tertiary alicyclic amines) is 1. The summed E-state index contributed by atoms with van der Waals surface area (Å²) >= 11 is 0. The van der Waals surface area contributed by atoms with E-state index in [4.69, 9.17) is 4.42 Å². The third-order valence-corrected chi connectivity index (χ3v) is 7.43. The van der Waals surface area contributed by atoms with Crippen LogP contribution in [0, 0.1) is 11.6 Å². The van der Waals surface area contributed by atoms with Gasteiger partial charge in [0.15, 0.2) is 5.58 Å². The van der Waals surface area contributed by atoms with E-state index in [9.17, 15) is 13.6 Å². The molecule has 3 heterocycles. The molecule has 0 N–H and O–H groups in total. The number of hydrogen-bond acceptors (Lipinski definition) is 4. The Morgan fingerprint density at radius 2 is 1.67 bits per heavy atom. The lowest BCUT2D eigenvalue weighted by Gasteiger charge is -2.39. The fourth-order valence-corrected chi connectivity index (χ4v) is 5.81. The third kappa shape index (κ3) is 4.42. The molecule has 1 fully saturated rings. The maximum absolute atomic E-state index is 14.2. The Kier molecular flexibility index (Phi) is 6.86. The van der Waals surface area contributed by atoms with Crippen molar-refractivity contribution in [2.24, 2.45) is 0 Å². The molecule has 0 spiro atoms. The van der Waals surface area contributed by atoms with Gasteiger partial charge in [-0.15, -0.1) is 12.4 Å². The lowest BCUT2D eigenvalue weighted by molar-refractivity contribution is 0.192. The van der Waals surface area contributed by atoms with Crippen molar-refractivity contribution in [1.29, 1.82) is 0 Å². The molecule has 0 unspecified atom stereocenters. The number of para-hydroxylation sites is 2. The van der Waals surface area contributed by atoms with Crippen LogP contribution in [0.25, 0.3) is 11.1 Å². The summed E-state index contributed by atoms with van der Waals surface area (Å²) in [5.41, 5.74) is 4.45. The second kappa shape index (κ2) is 10.1. The number of benzene rings is 3. The van der Waals surface area contributed by atoms with E-state index in [2.05, 4.69) is 9.80 Å². The summed E-state index contributed by atoms with van der Waals surface area (Å²) in [7, 11) is 0. The fourth-order valence-electron chi connectivity index (χ4n) is 5.81. The molecule has 1 aromatic heterocycles. The van der Waals surface area contributed by atoms with Gasteiger partial charge in [-0.3, -0.25) is 4.57 Å². The Morgan fingerprint density at radius 1 is 0.917 bits per heavy atom. The van der Waals surface area contributed by atoms with Crippen LogP contribution < -0.4 is 10.7 Å². The number of piperidine rings is 1. The Labute approximate surface area is 214 Å². The van der Waals surface area contributed by atoms with E-state index in [1.165, 1.54) is 18.2 Å². The van der Waals surface area contributed by atoms with Gasteiger partial charge < -0.3 is 14.2 Å². The van der Waals surface area contributed by atoms with Gasteiger partial charge in [0.25, 0.3) is 0 Å². The van der Waals surface area contributed by atoms with Crippen LogP contribution in [0.5, 0.6) is 0 Å². The molecule has 188 valence electrons. The molecule has 0 amide bonds. The number of anilines is 2. The van der Waals surface area contributed by atoms with Crippen molar-refractivity contribution in [3.05, 3.63) is 94.5 Å². The lowest BCUT2D eigenvalue weighted by Crippen LogP contribution is -2.45. The smallest absolute Gasteiger partial charge is 0.408 e. The first-order valence-electron chi connectivity index (χ1n) is 12.2. The van der Waals surface area contributed by atoms with Crippen molar-refractivity contribution in [3.63, 3.8) is 0 Å². The number of oxazole rings is 1. The van der Waals surface area contributed by atoms with Crippen LogP contribution in [0.15, 0.2) is 75.9 Å². The van der Waals surface area contributed by atoms with E-state index in [0.29, 0.717) is 12.1 Å². The van der Waals surface area contributed by atoms with Crippen molar-refractivity contribution in [2.45, 2.75) is 37.8 Å². The molecule has 0 bridgehead atoms. The normalized spacial score (nSPS) is 19.2. The average Bonchev–Trinajstić information content (AvgIpc) is 3.36. The highest BCUT2D eigenvalue weighted by atomic mass is 35.5. The number of halogens is 3. The predicted octanol–water partition coefficient (Wildman–Crippen LogP) is 6.08. The van der Waals surface area contributed by atoms with E-state index < -0.39 is 0 Å². The summed E-state index contributed by atoms with van der Waals surface area (Å²) in [6.45, 7) is 3.36. The molecule has 8 heteroatoms. The molecular weight excluding hydrogens is 484 g/mol. The van der Waals surface area contributed by atoms with Crippen LogP contribution in [0.4, 0.5) is 20.2 Å². The fraction of sp³-hybridized carbons (Fsp3) is 0.321. The maximum atomic E-state index is 14.2. The summed E-state index contributed by atoms with van der Waals surface area (Å²) in [5, 5.41) is 0. The monoisotopic (exact) mass is 511 g/mol. The minimum Gasteiger partial charge on any atom is -0.408 e. The van der Waals surface area contributed by atoms with Gasteiger partial charge in [0.2, 0.25) is 0 Å². The minimum absolute atomic E-state index is 0.